The first-order chi connectivity index (χ1) is 25.8. The molecular formula is C43H49N5O4S. The van der Waals surface area contributed by atoms with Crippen molar-refractivity contribution in [2.45, 2.75) is 76.8 Å². The zero-order chi connectivity index (χ0) is 37.3. The minimum atomic E-state index is -0.419. The lowest BCUT2D eigenvalue weighted by Gasteiger charge is -2.36. The summed E-state index contributed by atoms with van der Waals surface area (Å²) in [5.41, 5.74) is 4.49. The summed E-state index contributed by atoms with van der Waals surface area (Å²) in [7, 11) is 0. The average molecular weight is 732 g/mol. The first-order valence-electron chi connectivity index (χ1n) is 18.7. The van der Waals surface area contributed by atoms with Gasteiger partial charge in [0.2, 0.25) is 5.91 Å². The van der Waals surface area contributed by atoms with Gasteiger partial charge in [-0.15, -0.1) is 11.8 Å². The number of thioether (sulfide) groups is 1. The molecule has 5 aromatic rings. The molecule has 1 aliphatic rings. The maximum absolute atomic E-state index is 14.6. The van der Waals surface area contributed by atoms with Gasteiger partial charge in [0.05, 0.1) is 23.9 Å². The summed E-state index contributed by atoms with van der Waals surface area (Å²) in [5, 5.41) is 20.5. The maximum atomic E-state index is 14.6. The first kappa shape index (κ1) is 37.8. The molecule has 6 rings (SSSR count). The molecular weight excluding hydrogens is 683 g/mol. The van der Waals surface area contributed by atoms with E-state index >= 15 is 0 Å². The van der Waals surface area contributed by atoms with E-state index in [0.717, 1.165) is 47.1 Å². The number of aryl methyl sites for hydroxylation is 1. The zero-order valence-corrected chi connectivity index (χ0v) is 31.7. The Kier molecular flexibility index (Phi) is 12.6. The van der Waals surface area contributed by atoms with E-state index in [1.807, 2.05) is 48.2 Å². The van der Waals surface area contributed by atoms with E-state index in [0.29, 0.717) is 60.1 Å². The Morgan fingerprint density at radius 2 is 1.60 bits per heavy atom. The largest absolute Gasteiger partial charge is 0.394 e. The lowest BCUT2D eigenvalue weighted by Crippen LogP contribution is -2.46. The van der Waals surface area contributed by atoms with Gasteiger partial charge in [0.15, 0.2) is 5.69 Å². The van der Waals surface area contributed by atoms with Crippen LogP contribution >= 0.6 is 11.8 Å². The van der Waals surface area contributed by atoms with Crippen LogP contribution in [0.5, 0.6) is 0 Å². The fraction of sp³-hybridized carbons (Fsp3) is 0.349. The molecule has 1 aromatic heterocycles. The summed E-state index contributed by atoms with van der Waals surface area (Å²) in [6.07, 6.45) is 4.61. The number of amides is 3. The van der Waals surface area contributed by atoms with Gasteiger partial charge in [-0.05, 0) is 84.5 Å². The van der Waals surface area contributed by atoms with Gasteiger partial charge in [-0.3, -0.25) is 14.4 Å². The fourth-order valence-corrected chi connectivity index (χ4v) is 7.75. The molecule has 0 bridgehead atoms. The number of fused-ring (bicyclic) bond motifs is 2. The molecule has 0 saturated carbocycles. The third-order valence-corrected chi connectivity index (χ3v) is 10.8. The molecule has 9 nitrogen and oxygen atoms in total. The van der Waals surface area contributed by atoms with E-state index in [2.05, 4.69) is 49.5 Å². The van der Waals surface area contributed by atoms with E-state index < -0.39 is 6.04 Å². The number of nitrogens with zero attached hydrogens (tertiary/aromatic N) is 4. The quantitative estimate of drug-likeness (QED) is 0.106. The number of unbranched alkanes of at least 4 members (excludes halogenated alkanes) is 2. The van der Waals surface area contributed by atoms with Gasteiger partial charge in [-0.2, -0.15) is 5.10 Å². The molecule has 0 saturated heterocycles. The second-order valence-corrected chi connectivity index (χ2v) is 14.9. The summed E-state index contributed by atoms with van der Waals surface area (Å²) in [6.45, 7) is 7.58. The van der Waals surface area contributed by atoms with Crippen molar-refractivity contribution in [2.24, 2.45) is 0 Å². The Bertz CT molecular complexity index is 2070. The fourth-order valence-electron chi connectivity index (χ4n) is 6.85. The van der Waals surface area contributed by atoms with Gasteiger partial charge < -0.3 is 20.2 Å². The standard InChI is InChI=1S/C43H49N5O4S/c1-4-6-21-46(22-7-5-2)43(52)39-24-30(3)48(45-39)40-19-17-35(44-41(50)20-23-53-37-18-16-31-12-8-9-14-33(31)26-37)27-38(40)42(51)47-28-34-15-11-10-13-32(34)25-36(47)29-49/h8-19,24,26-27,36,49H,4-7,20-23,25,28-29H2,1-3H3,(H,44,50)/t36-/m0/s1. The van der Waals surface area contributed by atoms with Crippen molar-refractivity contribution in [1.82, 2.24) is 19.6 Å². The van der Waals surface area contributed by atoms with E-state index in [1.54, 1.807) is 45.6 Å². The number of anilines is 1. The van der Waals surface area contributed by atoms with Crippen LogP contribution in [0.15, 0.2) is 95.9 Å². The van der Waals surface area contributed by atoms with Crippen LogP contribution in [0.1, 0.15) is 83.6 Å². The minimum absolute atomic E-state index is 0.125. The van der Waals surface area contributed by atoms with Crippen molar-refractivity contribution in [3.63, 3.8) is 0 Å². The third kappa shape index (κ3) is 9.00. The van der Waals surface area contributed by atoms with E-state index in [1.165, 1.54) is 5.39 Å². The number of nitrogens with one attached hydrogen (secondary N) is 1. The maximum Gasteiger partial charge on any atom is 0.274 e. The Morgan fingerprint density at radius 3 is 2.34 bits per heavy atom. The van der Waals surface area contributed by atoms with Gasteiger partial charge in [0, 0.05) is 48.1 Å². The molecule has 1 aliphatic heterocycles. The SMILES string of the molecule is CCCCN(CCCC)C(=O)c1cc(C)n(-c2ccc(NC(=O)CCSc3ccc4ccccc4c3)cc2C(=O)N2Cc3ccccc3C[C@H]2CO)n1. The van der Waals surface area contributed by atoms with Crippen LogP contribution in [0.25, 0.3) is 16.5 Å². The molecule has 2 N–H and O–H groups in total. The highest BCUT2D eigenvalue weighted by molar-refractivity contribution is 7.99. The van der Waals surface area contributed by atoms with Crippen molar-refractivity contribution in [3.8, 4) is 5.69 Å². The van der Waals surface area contributed by atoms with E-state index in [-0.39, 0.29) is 30.7 Å². The van der Waals surface area contributed by atoms with E-state index in [4.69, 9.17) is 5.10 Å². The van der Waals surface area contributed by atoms with Crippen LogP contribution in [-0.2, 0) is 17.8 Å². The number of aliphatic hydroxyl groups is 1. The molecule has 0 fully saturated rings. The average Bonchev–Trinajstić information content (AvgIpc) is 3.57. The van der Waals surface area contributed by atoms with Gasteiger partial charge in [-0.1, -0.05) is 81.3 Å². The Hall–Kier alpha value is -4.93. The molecule has 0 radical (unpaired) electrons. The molecule has 0 aliphatic carbocycles. The van der Waals surface area contributed by atoms with Gasteiger partial charge in [0.25, 0.3) is 11.8 Å². The number of rotatable bonds is 15. The second-order valence-electron chi connectivity index (χ2n) is 13.7. The summed E-state index contributed by atoms with van der Waals surface area (Å²) >= 11 is 1.63. The third-order valence-electron chi connectivity index (χ3n) is 9.84. The molecule has 0 spiro atoms. The molecule has 10 heteroatoms. The summed E-state index contributed by atoms with van der Waals surface area (Å²) in [4.78, 5) is 46.2. The molecule has 3 amide bonds. The summed E-state index contributed by atoms with van der Waals surface area (Å²) in [5.74, 6) is 0.0230. The lowest BCUT2D eigenvalue weighted by atomic mass is 9.93. The van der Waals surface area contributed by atoms with Gasteiger partial charge >= 0.3 is 0 Å². The topological polar surface area (TPSA) is 108 Å². The molecule has 0 unspecified atom stereocenters. The lowest BCUT2D eigenvalue weighted by molar-refractivity contribution is -0.115. The molecule has 1 atom stereocenters. The monoisotopic (exact) mass is 731 g/mol. The minimum Gasteiger partial charge on any atom is -0.394 e. The number of benzene rings is 4. The smallest absolute Gasteiger partial charge is 0.274 e. The number of hydrogen-bond donors (Lipinski definition) is 2. The Labute approximate surface area is 316 Å². The van der Waals surface area contributed by atoms with Crippen LogP contribution < -0.4 is 5.32 Å². The van der Waals surface area contributed by atoms with Gasteiger partial charge in [-0.25, -0.2) is 4.68 Å². The van der Waals surface area contributed by atoms with Crippen LogP contribution in [-0.4, -0.2) is 73.9 Å². The summed E-state index contributed by atoms with van der Waals surface area (Å²) in [6, 6.07) is 29.1. The van der Waals surface area contributed by atoms with Crippen molar-refractivity contribution >= 4 is 45.9 Å². The zero-order valence-electron chi connectivity index (χ0n) is 30.9. The van der Waals surface area contributed by atoms with Crippen LogP contribution in [0, 0.1) is 6.92 Å². The number of carbonyl (C=O) groups is 3. The molecule has 276 valence electrons. The molecule has 4 aromatic carbocycles. The van der Waals surface area contributed by atoms with Gasteiger partial charge in [0.1, 0.15) is 0 Å². The highest BCUT2D eigenvalue weighted by atomic mass is 32.2. The normalized spacial score (nSPS) is 13.9. The van der Waals surface area contributed by atoms with Crippen molar-refractivity contribution < 1.29 is 19.5 Å². The Morgan fingerprint density at radius 1 is 0.887 bits per heavy atom. The predicted molar refractivity (Wildman–Crippen MR) is 213 cm³/mol. The summed E-state index contributed by atoms with van der Waals surface area (Å²) < 4.78 is 1.65. The highest BCUT2D eigenvalue weighted by Crippen LogP contribution is 2.30. The number of aliphatic hydroxyl groups excluding tert-OH is 1. The van der Waals surface area contributed by atoms with Crippen molar-refractivity contribution in [3.05, 3.63) is 119 Å². The van der Waals surface area contributed by atoms with Crippen molar-refractivity contribution in [1.29, 1.82) is 0 Å². The number of aromatic nitrogens is 2. The van der Waals surface area contributed by atoms with Crippen LogP contribution in [0.2, 0.25) is 0 Å². The number of carbonyl (C=O) groups excluding carboxylic acids is 3. The van der Waals surface area contributed by atoms with E-state index in [9.17, 15) is 19.5 Å². The number of hydrogen-bond acceptors (Lipinski definition) is 6. The predicted octanol–water partition coefficient (Wildman–Crippen LogP) is 8.06. The first-order valence-corrected chi connectivity index (χ1v) is 19.7. The molecule has 2 heterocycles. The van der Waals surface area contributed by atoms with Crippen LogP contribution in [0.4, 0.5) is 5.69 Å². The van der Waals surface area contributed by atoms with Crippen molar-refractivity contribution in [2.75, 3.05) is 30.8 Å². The second kappa shape index (κ2) is 17.7. The van der Waals surface area contributed by atoms with Crippen LogP contribution in [0.3, 0.4) is 0 Å². The molecule has 53 heavy (non-hydrogen) atoms. The highest BCUT2D eigenvalue weighted by Gasteiger charge is 2.32. The Balaban J connectivity index is 1.27.